The van der Waals surface area contributed by atoms with Crippen LogP contribution < -0.4 is 20.9 Å². The summed E-state index contributed by atoms with van der Waals surface area (Å²) < 4.78 is 5.49. The maximum Gasteiger partial charge on any atom is 0.251 e. The molecule has 0 aliphatic carbocycles. The fourth-order valence-corrected chi connectivity index (χ4v) is 2.96. The summed E-state index contributed by atoms with van der Waals surface area (Å²) in [6.07, 6.45) is 0. The van der Waals surface area contributed by atoms with Gasteiger partial charge in [-0.1, -0.05) is 30.3 Å². The second-order valence-corrected chi connectivity index (χ2v) is 6.02. The summed E-state index contributed by atoms with van der Waals surface area (Å²) in [6, 6.07) is 13.7. The second-order valence-electron chi connectivity index (χ2n) is 6.02. The molecule has 5 nitrogen and oxygen atoms in total. The number of rotatable bonds is 5. The maximum absolute atomic E-state index is 12.4. The number of nitrogens with one attached hydrogen (secondary N) is 3. The lowest BCUT2D eigenvalue weighted by Gasteiger charge is -2.15. The molecule has 2 aromatic carbocycles. The van der Waals surface area contributed by atoms with Crippen molar-refractivity contribution in [2.24, 2.45) is 0 Å². The first-order chi connectivity index (χ1) is 11.7. The van der Waals surface area contributed by atoms with Crippen molar-refractivity contribution in [1.82, 2.24) is 16.2 Å². The molecule has 1 saturated heterocycles. The summed E-state index contributed by atoms with van der Waals surface area (Å²) in [4.78, 5) is 12.4. The number of carbonyl (C=O) groups is 1. The normalized spacial score (nSPS) is 14.6. The molecule has 0 aromatic heterocycles. The van der Waals surface area contributed by atoms with E-state index in [2.05, 4.69) is 16.2 Å². The van der Waals surface area contributed by atoms with Crippen molar-refractivity contribution < 1.29 is 9.53 Å². The monoisotopic (exact) mass is 325 g/mol. The van der Waals surface area contributed by atoms with Crippen LogP contribution in [0.25, 0.3) is 0 Å². The summed E-state index contributed by atoms with van der Waals surface area (Å²) in [5, 5.41) is 2.98. The van der Waals surface area contributed by atoms with E-state index in [0.29, 0.717) is 18.0 Å². The molecular weight excluding hydrogens is 302 g/mol. The number of aryl methyl sites for hydroxylation is 1. The fraction of sp³-hybridized carbons (Fsp3) is 0.316. The lowest BCUT2D eigenvalue weighted by molar-refractivity contribution is 0.0950. The van der Waals surface area contributed by atoms with Gasteiger partial charge in [0.25, 0.3) is 5.91 Å². The summed E-state index contributed by atoms with van der Waals surface area (Å²) in [7, 11) is 1.64. The van der Waals surface area contributed by atoms with Crippen LogP contribution in [0.1, 0.15) is 33.0 Å². The highest BCUT2D eigenvalue weighted by molar-refractivity contribution is 5.94. The molecule has 3 rings (SSSR count). The van der Waals surface area contributed by atoms with Gasteiger partial charge in [0.05, 0.1) is 7.11 Å². The Balaban J connectivity index is 1.71. The quantitative estimate of drug-likeness (QED) is 0.788. The van der Waals surface area contributed by atoms with E-state index in [1.165, 1.54) is 5.56 Å². The number of amides is 1. The Kier molecular flexibility index (Phi) is 5.13. The van der Waals surface area contributed by atoms with Gasteiger partial charge in [0, 0.05) is 31.1 Å². The van der Waals surface area contributed by atoms with Crippen molar-refractivity contribution in [3.63, 3.8) is 0 Å². The van der Waals surface area contributed by atoms with Crippen LogP contribution in [0.15, 0.2) is 42.5 Å². The van der Waals surface area contributed by atoms with Crippen molar-refractivity contribution in [2.45, 2.75) is 19.4 Å². The zero-order chi connectivity index (χ0) is 16.9. The summed E-state index contributed by atoms with van der Waals surface area (Å²) in [6.45, 7) is 4.28. The van der Waals surface area contributed by atoms with Crippen LogP contribution >= 0.6 is 0 Å². The largest absolute Gasteiger partial charge is 0.496 e. The molecule has 0 radical (unpaired) electrons. The molecule has 1 aliphatic heterocycles. The molecule has 0 unspecified atom stereocenters. The molecule has 3 N–H and O–H groups in total. The molecule has 126 valence electrons. The number of hydrogen-bond donors (Lipinski definition) is 3. The molecule has 1 aliphatic rings. The summed E-state index contributed by atoms with van der Waals surface area (Å²) in [5.74, 6) is 1.02. The van der Waals surface area contributed by atoms with Gasteiger partial charge >= 0.3 is 0 Å². The van der Waals surface area contributed by atoms with Crippen LogP contribution in [0.4, 0.5) is 0 Å². The summed E-state index contributed by atoms with van der Waals surface area (Å²) >= 11 is 0. The summed E-state index contributed by atoms with van der Waals surface area (Å²) in [5.41, 5.74) is 10.3. The molecule has 0 spiro atoms. The molecule has 24 heavy (non-hydrogen) atoms. The molecular formula is C19H23N3O2. The Morgan fingerprint density at radius 3 is 2.67 bits per heavy atom. The van der Waals surface area contributed by atoms with Crippen LogP contribution in [0, 0.1) is 6.92 Å². The van der Waals surface area contributed by atoms with Gasteiger partial charge in [-0.25, -0.2) is 0 Å². The molecule has 0 atom stereocenters. The lowest BCUT2D eigenvalue weighted by atomic mass is 9.97. The molecule has 0 bridgehead atoms. The van der Waals surface area contributed by atoms with Gasteiger partial charge in [-0.05, 0) is 35.7 Å². The first kappa shape index (κ1) is 16.5. The van der Waals surface area contributed by atoms with Crippen molar-refractivity contribution in [3.05, 3.63) is 64.7 Å². The smallest absolute Gasteiger partial charge is 0.251 e. The van der Waals surface area contributed by atoms with E-state index >= 15 is 0 Å². The van der Waals surface area contributed by atoms with Crippen LogP contribution in [0.3, 0.4) is 0 Å². The second kappa shape index (κ2) is 7.47. The van der Waals surface area contributed by atoms with Crippen molar-refractivity contribution in [3.8, 4) is 5.75 Å². The predicted octanol–water partition coefficient (Wildman–Crippen LogP) is 2.13. The molecule has 1 amide bonds. The number of hydrogen-bond acceptors (Lipinski definition) is 4. The van der Waals surface area contributed by atoms with Crippen molar-refractivity contribution in [1.29, 1.82) is 0 Å². The van der Waals surface area contributed by atoms with Gasteiger partial charge in [-0.2, -0.15) is 0 Å². The van der Waals surface area contributed by atoms with Gasteiger partial charge in [-0.15, -0.1) is 0 Å². The number of hydrazine groups is 1. The SMILES string of the molecule is COc1cc(C(=O)NCc2ccccc2C)ccc1C1CNNC1. The van der Waals surface area contributed by atoms with Gasteiger partial charge < -0.3 is 10.1 Å². The maximum atomic E-state index is 12.4. The number of carbonyl (C=O) groups excluding carboxylic acids is 1. The first-order valence-electron chi connectivity index (χ1n) is 8.15. The predicted molar refractivity (Wildman–Crippen MR) is 94.1 cm³/mol. The van der Waals surface area contributed by atoms with E-state index in [1.54, 1.807) is 7.11 Å². The number of ether oxygens (including phenoxy) is 1. The Hall–Kier alpha value is -2.37. The van der Waals surface area contributed by atoms with E-state index in [1.807, 2.05) is 49.4 Å². The van der Waals surface area contributed by atoms with Crippen LogP contribution in [-0.2, 0) is 6.54 Å². The highest BCUT2D eigenvalue weighted by atomic mass is 16.5. The van der Waals surface area contributed by atoms with Gasteiger partial charge in [-0.3, -0.25) is 15.6 Å². The highest BCUT2D eigenvalue weighted by Crippen LogP contribution is 2.28. The van der Waals surface area contributed by atoms with Crippen LogP contribution in [0.5, 0.6) is 5.75 Å². The molecule has 2 aromatic rings. The fourth-order valence-electron chi connectivity index (χ4n) is 2.96. The minimum atomic E-state index is -0.0919. The number of benzene rings is 2. The van der Waals surface area contributed by atoms with E-state index in [9.17, 15) is 4.79 Å². The zero-order valence-electron chi connectivity index (χ0n) is 14.1. The number of methoxy groups -OCH3 is 1. The Labute approximate surface area is 142 Å². The van der Waals surface area contributed by atoms with Crippen molar-refractivity contribution >= 4 is 5.91 Å². The average Bonchev–Trinajstić information content (AvgIpc) is 3.14. The Morgan fingerprint density at radius 1 is 1.21 bits per heavy atom. The van der Waals surface area contributed by atoms with Gasteiger partial charge in [0.2, 0.25) is 0 Å². The minimum absolute atomic E-state index is 0.0919. The van der Waals surface area contributed by atoms with E-state index < -0.39 is 0 Å². The molecule has 0 saturated carbocycles. The lowest BCUT2D eigenvalue weighted by Crippen LogP contribution is -2.23. The highest BCUT2D eigenvalue weighted by Gasteiger charge is 2.21. The van der Waals surface area contributed by atoms with Gasteiger partial charge in [0.15, 0.2) is 0 Å². The van der Waals surface area contributed by atoms with E-state index in [-0.39, 0.29) is 5.91 Å². The van der Waals surface area contributed by atoms with Crippen LogP contribution in [-0.4, -0.2) is 26.1 Å². The third-order valence-corrected chi connectivity index (χ3v) is 4.46. The molecule has 1 heterocycles. The molecule has 5 heteroatoms. The third-order valence-electron chi connectivity index (χ3n) is 4.46. The van der Waals surface area contributed by atoms with E-state index in [0.717, 1.165) is 30.0 Å². The zero-order valence-corrected chi connectivity index (χ0v) is 14.1. The Morgan fingerprint density at radius 2 is 1.96 bits per heavy atom. The topological polar surface area (TPSA) is 62.4 Å². The molecule has 1 fully saturated rings. The average molecular weight is 325 g/mol. The minimum Gasteiger partial charge on any atom is -0.496 e. The Bertz CT molecular complexity index is 724. The van der Waals surface area contributed by atoms with Crippen molar-refractivity contribution in [2.75, 3.05) is 20.2 Å². The van der Waals surface area contributed by atoms with E-state index in [4.69, 9.17) is 4.74 Å². The first-order valence-corrected chi connectivity index (χ1v) is 8.15. The standard InChI is InChI=1S/C19H23N3O2/c1-13-5-3-4-6-15(13)10-20-19(23)14-7-8-17(18(9-14)24-2)16-11-21-22-12-16/h3-9,16,21-22H,10-12H2,1-2H3,(H,20,23). The van der Waals surface area contributed by atoms with Crippen LogP contribution in [0.2, 0.25) is 0 Å². The third kappa shape index (κ3) is 3.58. The van der Waals surface area contributed by atoms with Gasteiger partial charge in [0.1, 0.15) is 5.75 Å².